The number of fused-ring (bicyclic) bond motifs is 1. The lowest BCUT2D eigenvalue weighted by molar-refractivity contribution is -0.129. The predicted molar refractivity (Wildman–Crippen MR) is 88.3 cm³/mol. The molecule has 1 unspecified atom stereocenters. The summed E-state index contributed by atoms with van der Waals surface area (Å²) in [5.41, 5.74) is 2.83. The molecule has 0 bridgehead atoms. The lowest BCUT2D eigenvalue weighted by Gasteiger charge is -2.17. The lowest BCUT2D eigenvalue weighted by Crippen LogP contribution is -2.28. The zero-order valence-corrected chi connectivity index (χ0v) is 13.3. The number of dihydropyridines is 1. The number of unbranched alkanes of at least 4 members (excludes halogenated alkanes) is 3. The number of nitrogens with zero attached hydrogens (tertiary/aromatic N) is 1. The second-order valence-electron chi connectivity index (χ2n) is 5.67. The van der Waals surface area contributed by atoms with Gasteiger partial charge in [0.05, 0.1) is 5.71 Å². The Morgan fingerprint density at radius 2 is 1.92 bits per heavy atom. The quantitative estimate of drug-likeness (QED) is 0.353. The third-order valence-electron chi connectivity index (χ3n) is 3.82. The maximum atomic E-state index is 12.1. The molecule has 7 heteroatoms. The Labute approximate surface area is 140 Å². The number of hydrogen-bond acceptors (Lipinski definition) is 4. The highest BCUT2D eigenvalue weighted by molar-refractivity contribution is 6.13. The molecule has 0 saturated heterocycles. The fraction of sp³-hybridized carbons (Fsp3) is 0.412. The largest absolute Gasteiger partial charge is 0.352 e. The van der Waals surface area contributed by atoms with Gasteiger partial charge in [0.1, 0.15) is 0 Å². The Morgan fingerprint density at radius 3 is 2.71 bits per heavy atom. The van der Waals surface area contributed by atoms with Crippen molar-refractivity contribution >= 4 is 23.4 Å². The summed E-state index contributed by atoms with van der Waals surface area (Å²) in [4.78, 5) is 38.0. The van der Waals surface area contributed by atoms with E-state index in [-0.39, 0.29) is 23.6 Å². The molecule has 1 atom stereocenters. The van der Waals surface area contributed by atoms with Gasteiger partial charge in [0.2, 0.25) is 5.91 Å². The first-order valence-corrected chi connectivity index (χ1v) is 8.02. The molecule has 0 spiro atoms. The first kappa shape index (κ1) is 17.8. The van der Waals surface area contributed by atoms with Crippen molar-refractivity contribution in [1.29, 1.82) is 0 Å². The van der Waals surface area contributed by atoms with Gasteiger partial charge in [0, 0.05) is 30.5 Å². The van der Waals surface area contributed by atoms with E-state index in [1.165, 1.54) is 6.08 Å². The molecule has 2 rings (SSSR count). The van der Waals surface area contributed by atoms with Crippen molar-refractivity contribution in [2.45, 2.75) is 32.1 Å². The third kappa shape index (κ3) is 5.27. The molecule has 0 aromatic heterocycles. The van der Waals surface area contributed by atoms with Crippen LogP contribution in [-0.4, -0.2) is 35.2 Å². The maximum Gasteiger partial charge on any atom is 0.269 e. The zero-order chi connectivity index (χ0) is 17.4. The van der Waals surface area contributed by atoms with E-state index >= 15 is 0 Å². The highest BCUT2D eigenvalue weighted by atomic mass is 16.5. The summed E-state index contributed by atoms with van der Waals surface area (Å²) in [6.45, 7) is 0.566. The van der Waals surface area contributed by atoms with Crippen molar-refractivity contribution in [3.63, 3.8) is 0 Å². The third-order valence-corrected chi connectivity index (χ3v) is 3.82. The zero-order valence-electron chi connectivity index (χ0n) is 13.3. The Balaban J connectivity index is 1.66. The summed E-state index contributed by atoms with van der Waals surface area (Å²) < 4.78 is 0. The fourth-order valence-electron chi connectivity index (χ4n) is 2.51. The van der Waals surface area contributed by atoms with Crippen LogP contribution in [0.5, 0.6) is 0 Å². The number of carbonyl (C=O) groups is 3. The number of rotatable bonds is 8. The van der Waals surface area contributed by atoms with Crippen LogP contribution in [0.25, 0.3) is 0 Å². The smallest absolute Gasteiger partial charge is 0.269 e. The van der Waals surface area contributed by atoms with Crippen molar-refractivity contribution in [2.75, 3.05) is 6.54 Å². The number of allylic oxidation sites excluding steroid dienone is 3. The summed E-state index contributed by atoms with van der Waals surface area (Å²) in [5.74, 6) is -0.911. The molecular weight excluding hydrogens is 310 g/mol. The van der Waals surface area contributed by atoms with E-state index in [1.54, 1.807) is 29.8 Å². The summed E-state index contributed by atoms with van der Waals surface area (Å²) in [5, 5.41) is 11.2. The minimum absolute atomic E-state index is 0.119. The van der Waals surface area contributed by atoms with Gasteiger partial charge in [-0.15, -0.1) is 0 Å². The standard InChI is InChI=1S/C17H21N3O4/c21-15-9-7-12-11-13(6-8-14(12)19-15)17(23)18-10-4-2-1-3-5-16(22)20-24/h6-9,11-12,24H,1-5,10H2,(H,18,23)(H,20,22). The first-order chi connectivity index (χ1) is 11.6. The van der Waals surface area contributed by atoms with Crippen LogP contribution in [0.15, 0.2) is 40.9 Å². The van der Waals surface area contributed by atoms with Crippen molar-refractivity contribution in [2.24, 2.45) is 10.9 Å². The topological polar surface area (TPSA) is 108 Å². The van der Waals surface area contributed by atoms with Crippen molar-refractivity contribution < 1.29 is 19.6 Å². The Morgan fingerprint density at radius 1 is 1.12 bits per heavy atom. The van der Waals surface area contributed by atoms with Gasteiger partial charge in [-0.1, -0.05) is 25.0 Å². The van der Waals surface area contributed by atoms with E-state index in [1.807, 2.05) is 0 Å². The lowest BCUT2D eigenvalue weighted by atomic mass is 9.92. The van der Waals surface area contributed by atoms with Crippen molar-refractivity contribution in [3.05, 3.63) is 36.0 Å². The van der Waals surface area contributed by atoms with Crippen LogP contribution in [0.4, 0.5) is 0 Å². The maximum absolute atomic E-state index is 12.1. The molecule has 1 aliphatic heterocycles. The average Bonchev–Trinajstić information content (AvgIpc) is 2.59. The first-order valence-electron chi connectivity index (χ1n) is 8.02. The summed E-state index contributed by atoms with van der Waals surface area (Å²) >= 11 is 0. The molecule has 2 aliphatic rings. The van der Waals surface area contributed by atoms with Gasteiger partial charge in [-0.25, -0.2) is 10.5 Å². The Bertz CT molecular complexity index is 632. The number of hydroxylamine groups is 1. The van der Waals surface area contributed by atoms with Crippen LogP contribution in [0.2, 0.25) is 0 Å². The Hall–Kier alpha value is -2.54. The van der Waals surface area contributed by atoms with E-state index in [0.717, 1.165) is 19.3 Å². The van der Waals surface area contributed by atoms with Gasteiger partial charge >= 0.3 is 0 Å². The molecule has 1 heterocycles. The number of nitrogens with one attached hydrogen (secondary N) is 2. The molecule has 24 heavy (non-hydrogen) atoms. The van der Waals surface area contributed by atoms with Crippen molar-refractivity contribution in [1.82, 2.24) is 10.8 Å². The number of aliphatic imine (C=N–C) groups is 1. The molecule has 0 aromatic carbocycles. The van der Waals surface area contributed by atoms with Gasteiger partial charge < -0.3 is 5.32 Å². The van der Waals surface area contributed by atoms with Gasteiger partial charge in [0.25, 0.3) is 11.8 Å². The van der Waals surface area contributed by atoms with E-state index in [9.17, 15) is 14.4 Å². The minimum atomic E-state index is -0.374. The van der Waals surface area contributed by atoms with Gasteiger partial charge in [-0.05, 0) is 25.0 Å². The fourth-order valence-corrected chi connectivity index (χ4v) is 2.51. The van der Waals surface area contributed by atoms with Gasteiger partial charge in [-0.3, -0.25) is 19.6 Å². The molecule has 0 saturated carbocycles. The molecular formula is C17H21N3O4. The molecule has 128 valence electrons. The van der Waals surface area contributed by atoms with E-state index in [2.05, 4.69) is 10.3 Å². The molecule has 0 radical (unpaired) electrons. The molecule has 3 N–H and O–H groups in total. The number of hydrogen-bond donors (Lipinski definition) is 3. The second-order valence-corrected chi connectivity index (χ2v) is 5.67. The molecule has 7 nitrogen and oxygen atoms in total. The normalized spacial score (nSPS) is 18.5. The molecule has 1 aliphatic carbocycles. The predicted octanol–water partition coefficient (Wildman–Crippen LogP) is 1.21. The monoisotopic (exact) mass is 331 g/mol. The molecule has 3 amide bonds. The van der Waals surface area contributed by atoms with E-state index in [4.69, 9.17) is 5.21 Å². The van der Waals surface area contributed by atoms with Crippen LogP contribution >= 0.6 is 0 Å². The van der Waals surface area contributed by atoms with Crippen LogP contribution < -0.4 is 10.8 Å². The van der Waals surface area contributed by atoms with Crippen LogP contribution in [-0.2, 0) is 14.4 Å². The van der Waals surface area contributed by atoms with Crippen LogP contribution in [0.1, 0.15) is 32.1 Å². The highest BCUT2D eigenvalue weighted by Gasteiger charge is 2.20. The van der Waals surface area contributed by atoms with Crippen LogP contribution in [0.3, 0.4) is 0 Å². The van der Waals surface area contributed by atoms with Gasteiger partial charge in [0.15, 0.2) is 0 Å². The summed E-state index contributed by atoms with van der Waals surface area (Å²) in [6, 6.07) is 0. The SMILES string of the molecule is O=C1C=CC2C=C(C(=O)NCCCCCCC(=O)NO)C=CC2=N1. The van der Waals surface area contributed by atoms with Crippen molar-refractivity contribution in [3.8, 4) is 0 Å². The molecule has 0 fully saturated rings. The number of carbonyl (C=O) groups excluding carboxylic acids is 3. The van der Waals surface area contributed by atoms with E-state index < -0.39 is 0 Å². The van der Waals surface area contributed by atoms with E-state index in [0.29, 0.717) is 30.7 Å². The van der Waals surface area contributed by atoms with Crippen LogP contribution in [0, 0.1) is 5.92 Å². The summed E-state index contributed by atoms with van der Waals surface area (Å²) in [6.07, 6.45) is 11.9. The molecule has 0 aromatic rings. The highest BCUT2D eigenvalue weighted by Crippen LogP contribution is 2.19. The van der Waals surface area contributed by atoms with Gasteiger partial charge in [-0.2, -0.15) is 0 Å². The second kappa shape index (κ2) is 8.93. The minimum Gasteiger partial charge on any atom is -0.352 e. The number of amides is 3. The average molecular weight is 331 g/mol. The summed E-state index contributed by atoms with van der Waals surface area (Å²) in [7, 11) is 0. The Kier molecular flexibility index (Phi) is 6.62.